The number of rotatable bonds is 5. The van der Waals surface area contributed by atoms with Gasteiger partial charge in [0.25, 0.3) is 0 Å². The predicted octanol–water partition coefficient (Wildman–Crippen LogP) is 1.69. The van der Waals surface area contributed by atoms with Crippen molar-refractivity contribution in [3.8, 4) is 11.8 Å². The lowest BCUT2D eigenvalue weighted by Crippen LogP contribution is -2.60. The molecule has 2 unspecified atom stereocenters. The maximum Gasteiger partial charge on any atom is 0.356 e. The average Bonchev–Trinajstić information content (AvgIpc) is 2.50. The Balaban J connectivity index is 1.85. The molecule has 0 radical (unpaired) electrons. The molecule has 1 aliphatic rings. The monoisotopic (exact) mass is 315 g/mol. The Bertz CT molecular complexity index is 615. The number of hydrogen-bond donors (Lipinski definition) is 1. The highest BCUT2D eigenvalue weighted by Gasteiger charge is 2.43. The molecule has 23 heavy (non-hydrogen) atoms. The highest BCUT2D eigenvalue weighted by atomic mass is 16.6. The van der Waals surface area contributed by atoms with Crippen molar-refractivity contribution in [1.29, 1.82) is 0 Å². The maximum atomic E-state index is 11.7. The third kappa shape index (κ3) is 4.57. The summed E-state index contributed by atoms with van der Waals surface area (Å²) in [6.45, 7) is 3.39. The summed E-state index contributed by atoms with van der Waals surface area (Å²) in [5, 5.41) is 9.96. The Hall–Kier alpha value is -2.32. The lowest BCUT2D eigenvalue weighted by Gasteiger charge is -2.42. The molecule has 1 fully saturated rings. The molecule has 1 aromatic carbocycles. The van der Waals surface area contributed by atoms with Crippen molar-refractivity contribution in [2.75, 3.05) is 0 Å². The molecule has 1 aliphatic heterocycles. The van der Waals surface area contributed by atoms with Crippen molar-refractivity contribution >= 4 is 11.9 Å². The predicted molar refractivity (Wildman–Crippen MR) is 85.0 cm³/mol. The van der Waals surface area contributed by atoms with E-state index in [1.54, 1.807) is 13.8 Å². The van der Waals surface area contributed by atoms with E-state index in [-0.39, 0.29) is 18.1 Å². The largest absolute Gasteiger partial charge is 0.460 e. The van der Waals surface area contributed by atoms with Crippen LogP contribution in [-0.4, -0.2) is 40.3 Å². The van der Waals surface area contributed by atoms with Crippen LogP contribution in [0.3, 0.4) is 0 Å². The summed E-state index contributed by atoms with van der Waals surface area (Å²) in [6.07, 6.45) is -0.305. The zero-order valence-electron chi connectivity index (χ0n) is 13.4. The SMILES string of the molecule is CC(C)OC(=O)C(O)N1C(=O)CC1CCC#Cc1ccccc1. The highest BCUT2D eigenvalue weighted by molar-refractivity contribution is 5.88. The molecule has 0 spiro atoms. The van der Waals surface area contributed by atoms with Gasteiger partial charge in [-0.15, -0.1) is 0 Å². The quantitative estimate of drug-likeness (QED) is 0.510. The van der Waals surface area contributed by atoms with Gasteiger partial charge in [0.15, 0.2) is 0 Å². The fraction of sp³-hybridized carbons (Fsp3) is 0.444. The van der Waals surface area contributed by atoms with Crippen molar-refractivity contribution in [3.05, 3.63) is 35.9 Å². The topological polar surface area (TPSA) is 66.8 Å². The van der Waals surface area contributed by atoms with Crippen molar-refractivity contribution < 1.29 is 19.4 Å². The van der Waals surface area contributed by atoms with Crippen LogP contribution in [0, 0.1) is 11.8 Å². The van der Waals surface area contributed by atoms with Gasteiger partial charge >= 0.3 is 5.97 Å². The second kappa shape index (κ2) is 7.80. The first kappa shape index (κ1) is 17.0. The third-order valence-electron chi connectivity index (χ3n) is 3.53. The van der Waals surface area contributed by atoms with Gasteiger partial charge in [-0.25, -0.2) is 4.79 Å². The lowest BCUT2D eigenvalue weighted by molar-refractivity contribution is -0.186. The average molecular weight is 315 g/mol. The van der Waals surface area contributed by atoms with Crippen LogP contribution in [0.25, 0.3) is 0 Å². The number of likely N-dealkylation sites (tertiary alicyclic amines) is 1. The zero-order valence-corrected chi connectivity index (χ0v) is 13.4. The molecule has 1 amide bonds. The summed E-state index contributed by atoms with van der Waals surface area (Å²) in [5.41, 5.74) is 0.939. The molecule has 5 heteroatoms. The molecule has 1 saturated heterocycles. The van der Waals surface area contributed by atoms with E-state index in [2.05, 4.69) is 11.8 Å². The second-order valence-corrected chi connectivity index (χ2v) is 5.72. The number of aliphatic hydroxyl groups is 1. The lowest BCUT2D eigenvalue weighted by atomic mass is 9.96. The number of carbonyl (C=O) groups excluding carboxylic acids is 2. The van der Waals surface area contributed by atoms with Gasteiger partial charge < -0.3 is 14.7 Å². The third-order valence-corrected chi connectivity index (χ3v) is 3.53. The summed E-state index contributed by atoms with van der Waals surface area (Å²) in [7, 11) is 0. The summed E-state index contributed by atoms with van der Waals surface area (Å²) < 4.78 is 4.94. The molecule has 122 valence electrons. The van der Waals surface area contributed by atoms with E-state index in [9.17, 15) is 14.7 Å². The number of nitrogens with zero attached hydrogens (tertiary/aromatic N) is 1. The van der Waals surface area contributed by atoms with E-state index in [0.717, 1.165) is 5.56 Å². The number of esters is 1. The Labute approximate surface area is 136 Å². The van der Waals surface area contributed by atoms with Crippen LogP contribution in [0.4, 0.5) is 0 Å². The summed E-state index contributed by atoms with van der Waals surface area (Å²) in [6, 6.07) is 9.47. The first-order chi connectivity index (χ1) is 11.0. The van der Waals surface area contributed by atoms with E-state index in [1.165, 1.54) is 4.90 Å². The van der Waals surface area contributed by atoms with Gasteiger partial charge in [0, 0.05) is 24.4 Å². The zero-order chi connectivity index (χ0) is 16.8. The molecule has 1 heterocycles. The Morgan fingerprint density at radius 3 is 2.70 bits per heavy atom. The smallest absolute Gasteiger partial charge is 0.356 e. The molecule has 1 N–H and O–H groups in total. The van der Waals surface area contributed by atoms with Gasteiger partial charge in [-0.2, -0.15) is 0 Å². The van der Waals surface area contributed by atoms with Crippen LogP contribution in [-0.2, 0) is 14.3 Å². The fourth-order valence-electron chi connectivity index (χ4n) is 2.41. The fourth-order valence-corrected chi connectivity index (χ4v) is 2.41. The first-order valence-corrected chi connectivity index (χ1v) is 7.72. The number of β-lactam (4-membered cyclic amide) rings is 1. The number of amides is 1. The van der Waals surface area contributed by atoms with Gasteiger partial charge in [0.2, 0.25) is 12.1 Å². The van der Waals surface area contributed by atoms with E-state index < -0.39 is 12.2 Å². The Morgan fingerprint density at radius 1 is 1.39 bits per heavy atom. The molecular weight excluding hydrogens is 294 g/mol. The molecule has 0 aliphatic carbocycles. The van der Waals surface area contributed by atoms with Crippen LogP contribution in [0.2, 0.25) is 0 Å². The van der Waals surface area contributed by atoms with E-state index in [0.29, 0.717) is 19.3 Å². The minimum atomic E-state index is -1.52. The van der Waals surface area contributed by atoms with Gasteiger partial charge in [-0.05, 0) is 32.4 Å². The van der Waals surface area contributed by atoms with E-state index in [4.69, 9.17) is 4.74 Å². The first-order valence-electron chi connectivity index (χ1n) is 7.72. The Morgan fingerprint density at radius 2 is 2.09 bits per heavy atom. The van der Waals surface area contributed by atoms with E-state index >= 15 is 0 Å². The minimum Gasteiger partial charge on any atom is -0.460 e. The second-order valence-electron chi connectivity index (χ2n) is 5.72. The molecule has 2 atom stereocenters. The van der Waals surface area contributed by atoms with Gasteiger partial charge in [-0.3, -0.25) is 4.79 Å². The van der Waals surface area contributed by atoms with Crippen LogP contribution >= 0.6 is 0 Å². The van der Waals surface area contributed by atoms with E-state index in [1.807, 2.05) is 30.3 Å². The van der Waals surface area contributed by atoms with Crippen LogP contribution in [0.5, 0.6) is 0 Å². The molecule has 0 aromatic heterocycles. The summed E-state index contributed by atoms with van der Waals surface area (Å²) in [4.78, 5) is 24.5. The number of ether oxygens (including phenoxy) is 1. The van der Waals surface area contributed by atoms with Crippen LogP contribution < -0.4 is 0 Å². The summed E-state index contributed by atoms with van der Waals surface area (Å²) >= 11 is 0. The molecular formula is C18H21NO4. The van der Waals surface area contributed by atoms with Gasteiger partial charge in [0.05, 0.1) is 6.10 Å². The number of aliphatic hydroxyl groups excluding tert-OH is 1. The highest BCUT2D eigenvalue weighted by Crippen LogP contribution is 2.26. The number of hydrogen-bond acceptors (Lipinski definition) is 4. The molecule has 0 bridgehead atoms. The number of benzene rings is 1. The van der Waals surface area contributed by atoms with Gasteiger partial charge in [0.1, 0.15) is 0 Å². The molecule has 5 nitrogen and oxygen atoms in total. The minimum absolute atomic E-state index is 0.165. The normalized spacial score (nSPS) is 18.0. The molecule has 1 aromatic rings. The maximum absolute atomic E-state index is 11.7. The molecule has 0 saturated carbocycles. The van der Waals surface area contributed by atoms with Crippen molar-refractivity contribution in [2.24, 2.45) is 0 Å². The molecule has 2 rings (SSSR count). The standard InChI is InChI=1S/C18H21NO4/c1-13(2)23-18(22)17(21)19-15(12-16(19)20)11-7-6-10-14-8-4-3-5-9-14/h3-5,8-9,13,15,17,21H,7,11-12H2,1-2H3. The van der Waals surface area contributed by atoms with Crippen molar-refractivity contribution in [2.45, 2.75) is 51.5 Å². The van der Waals surface area contributed by atoms with Gasteiger partial charge in [-0.1, -0.05) is 30.0 Å². The summed E-state index contributed by atoms with van der Waals surface area (Å²) in [5.74, 6) is 5.07. The number of carbonyl (C=O) groups is 2. The Kier molecular flexibility index (Phi) is 5.78. The van der Waals surface area contributed by atoms with Crippen molar-refractivity contribution in [1.82, 2.24) is 4.90 Å². The van der Waals surface area contributed by atoms with Crippen LogP contribution in [0.1, 0.15) is 38.7 Å². The van der Waals surface area contributed by atoms with Crippen LogP contribution in [0.15, 0.2) is 30.3 Å². The van der Waals surface area contributed by atoms with Crippen molar-refractivity contribution in [3.63, 3.8) is 0 Å².